The van der Waals surface area contributed by atoms with Crippen molar-refractivity contribution in [1.29, 1.82) is 0 Å². The first-order valence-electron chi connectivity index (χ1n) is 4.83. The second-order valence-electron chi connectivity index (χ2n) is 3.48. The van der Waals surface area contributed by atoms with Crippen molar-refractivity contribution >= 4 is 40.3 Å². The van der Waals surface area contributed by atoms with Crippen molar-refractivity contribution in [2.24, 2.45) is 0 Å². The lowest BCUT2D eigenvalue weighted by molar-refractivity contribution is 0.632. The number of nitrogen functional groups attached to an aromatic ring is 1. The maximum Gasteiger partial charge on any atom is 0.148 e. The summed E-state index contributed by atoms with van der Waals surface area (Å²) < 4.78 is 13.5. The van der Waals surface area contributed by atoms with Crippen LogP contribution < -0.4 is 11.1 Å². The molecule has 0 fully saturated rings. The van der Waals surface area contributed by atoms with Crippen LogP contribution in [0.5, 0.6) is 0 Å². The fraction of sp³-hybridized carbons (Fsp3) is 0. The minimum atomic E-state index is -0.447. The summed E-state index contributed by atoms with van der Waals surface area (Å²) in [5.74, 6) is -0.447. The molecular weight excluding hydrogens is 262 g/mol. The third kappa shape index (κ3) is 2.81. The Balaban J connectivity index is 2.34. The lowest BCUT2D eigenvalue weighted by atomic mass is 10.2. The van der Waals surface area contributed by atoms with E-state index in [1.54, 1.807) is 24.3 Å². The highest BCUT2D eigenvalue weighted by Gasteiger charge is 2.05. The molecule has 0 saturated heterocycles. The Bertz CT molecular complexity index is 558. The maximum atomic E-state index is 13.5. The van der Waals surface area contributed by atoms with E-state index < -0.39 is 5.82 Å². The van der Waals surface area contributed by atoms with Gasteiger partial charge in [0.15, 0.2) is 0 Å². The first-order chi connectivity index (χ1) is 8.06. The Hall–Kier alpha value is -1.45. The summed E-state index contributed by atoms with van der Waals surface area (Å²) in [5.41, 5.74) is 7.09. The molecule has 0 spiro atoms. The SMILES string of the molecule is Nc1ccc(Cl)cc1Nc1ccc(Cl)cc1F. The third-order valence-electron chi connectivity index (χ3n) is 2.22. The van der Waals surface area contributed by atoms with Crippen molar-refractivity contribution < 1.29 is 4.39 Å². The number of halogens is 3. The van der Waals surface area contributed by atoms with Crippen molar-refractivity contribution in [3.05, 3.63) is 52.3 Å². The predicted molar refractivity (Wildman–Crippen MR) is 70.6 cm³/mol. The third-order valence-corrected chi connectivity index (χ3v) is 2.69. The van der Waals surface area contributed by atoms with Gasteiger partial charge in [0.25, 0.3) is 0 Å². The molecule has 3 N–H and O–H groups in total. The molecule has 0 aliphatic heterocycles. The molecule has 0 bridgehead atoms. The lowest BCUT2D eigenvalue weighted by Gasteiger charge is -2.10. The van der Waals surface area contributed by atoms with Crippen LogP contribution in [0.1, 0.15) is 0 Å². The minimum Gasteiger partial charge on any atom is -0.397 e. The van der Waals surface area contributed by atoms with E-state index in [2.05, 4.69) is 5.32 Å². The number of nitrogens with two attached hydrogens (primary N) is 1. The molecule has 2 rings (SSSR count). The zero-order chi connectivity index (χ0) is 12.4. The summed E-state index contributed by atoms with van der Waals surface area (Å²) in [6.45, 7) is 0. The van der Waals surface area contributed by atoms with Crippen LogP contribution in [0.4, 0.5) is 21.5 Å². The van der Waals surface area contributed by atoms with E-state index in [9.17, 15) is 4.39 Å². The smallest absolute Gasteiger partial charge is 0.148 e. The molecule has 0 aliphatic rings. The Morgan fingerprint density at radius 3 is 2.29 bits per heavy atom. The van der Waals surface area contributed by atoms with Crippen molar-refractivity contribution in [1.82, 2.24) is 0 Å². The minimum absolute atomic E-state index is 0.295. The van der Waals surface area contributed by atoms with Crippen LogP contribution >= 0.6 is 23.2 Å². The van der Waals surface area contributed by atoms with Gasteiger partial charge in [0, 0.05) is 10.0 Å². The average Bonchev–Trinajstić information content (AvgIpc) is 2.27. The number of rotatable bonds is 2. The molecule has 2 aromatic carbocycles. The molecule has 0 aromatic heterocycles. The highest BCUT2D eigenvalue weighted by molar-refractivity contribution is 6.31. The van der Waals surface area contributed by atoms with Crippen LogP contribution in [0.3, 0.4) is 0 Å². The van der Waals surface area contributed by atoms with E-state index in [4.69, 9.17) is 28.9 Å². The summed E-state index contributed by atoms with van der Waals surface area (Å²) in [4.78, 5) is 0. The topological polar surface area (TPSA) is 38.0 Å². The summed E-state index contributed by atoms with van der Waals surface area (Å²) >= 11 is 11.5. The molecule has 17 heavy (non-hydrogen) atoms. The lowest BCUT2D eigenvalue weighted by Crippen LogP contribution is -1.98. The molecule has 5 heteroatoms. The predicted octanol–water partition coefficient (Wildman–Crippen LogP) is 4.46. The van der Waals surface area contributed by atoms with Crippen LogP contribution in [0.25, 0.3) is 0 Å². The summed E-state index contributed by atoms with van der Waals surface area (Å²) in [7, 11) is 0. The molecule has 88 valence electrons. The van der Waals surface area contributed by atoms with Crippen LogP contribution in [0.15, 0.2) is 36.4 Å². The van der Waals surface area contributed by atoms with E-state index in [0.29, 0.717) is 27.1 Å². The normalized spacial score (nSPS) is 10.3. The summed E-state index contributed by atoms with van der Waals surface area (Å²) in [6.07, 6.45) is 0. The van der Waals surface area contributed by atoms with Gasteiger partial charge in [-0.05, 0) is 36.4 Å². The first kappa shape index (κ1) is 12.0. The van der Waals surface area contributed by atoms with Gasteiger partial charge in [-0.15, -0.1) is 0 Å². The fourth-order valence-electron chi connectivity index (χ4n) is 1.37. The fourth-order valence-corrected chi connectivity index (χ4v) is 1.70. The van der Waals surface area contributed by atoms with Crippen molar-refractivity contribution in [3.8, 4) is 0 Å². The number of nitrogens with one attached hydrogen (secondary N) is 1. The average molecular weight is 271 g/mol. The van der Waals surface area contributed by atoms with Gasteiger partial charge in [-0.25, -0.2) is 4.39 Å². The quantitative estimate of drug-likeness (QED) is 0.791. The summed E-state index contributed by atoms with van der Waals surface area (Å²) in [6, 6.07) is 9.31. The number of hydrogen-bond acceptors (Lipinski definition) is 2. The van der Waals surface area contributed by atoms with Gasteiger partial charge in [-0.1, -0.05) is 23.2 Å². The Morgan fingerprint density at radius 1 is 0.941 bits per heavy atom. The zero-order valence-corrected chi connectivity index (χ0v) is 10.2. The molecule has 0 saturated carbocycles. The first-order valence-corrected chi connectivity index (χ1v) is 5.59. The molecule has 0 unspecified atom stereocenters. The van der Waals surface area contributed by atoms with E-state index in [1.165, 1.54) is 12.1 Å². The van der Waals surface area contributed by atoms with E-state index in [-0.39, 0.29) is 0 Å². The Kier molecular flexibility index (Phi) is 3.41. The van der Waals surface area contributed by atoms with Gasteiger partial charge < -0.3 is 11.1 Å². The standard InChI is InChI=1S/C12H9Cl2FN2/c13-7-2-4-11(9(15)5-7)17-12-6-8(14)1-3-10(12)16/h1-6,17H,16H2. The largest absolute Gasteiger partial charge is 0.397 e. The van der Waals surface area contributed by atoms with Gasteiger partial charge >= 0.3 is 0 Å². The van der Waals surface area contributed by atoms with E-state index >= 15 is 0 Å². The summed E-state index contributed by atoms with van der Waals surface area (Å²) in [5, 5.41) is 3.73. The number of benzene rings is 2. The Labute approximate surface area is 108 Å². The van der Waals surface area contributed by atoms with Gasteiger partial charge in [0.1, 0.15) is 5.82 Å². The van der Waals surface area contributed by atoms with Gasteiger partial charge in [0.2, 0.25) is 0 Å². The van der Waals surface area contributed by atoms with Crippen LogP contribution in [0, 0.1) is 5.82 Å². The molecule has 2 nitrogen and oxygen atoms in total. The Morgan fingerprint density at radius 2 is 1.59 bits per heavy atom. The van der Waals surface area contributed by atoms with Gasteiger partial charge in [-0.2, -0.15) is 0 Å². The molecule has 0 heterocycles. The second kappa shape index (κ2) is 4.82. The van der Waals surface area contributed by atoms with Gasteiger partial charge in [-0.3, -0.25) is 0 Å². The zero-order valence-electron chi connectivity index (χ0n) is 8.68. The maximum absolute atomic E-state index is 13.5. The van der Waals surface area contributed by atoms with Crippen molar-refractivity contribution in [3.63, 3.8) is 0 Å². The molecule has 0 amide bonds. The number of hydrogen-bond donors (Lipinski definition) is 2. The van der Waals surface area contributed by atoms with Crippen LogP contribution in [0.2, 0.25) is 10.0 Å². The van der Waals surface area contributed by atoms with Crippen molar-refractivity contribution in [2.45, 2.75) is 0 Å². The van der Waals surface area contributed by atoms with Gasteiger partial charge in [0.05, 0.1) is 17.1 Å². The highest BCUT2D eigenvalue weighted by atomic mass is 35.5. The number of anilines is 3. The van der Waals surface area contributed by atoms with Crippen LogP contribution in [-0.4, -0.2) is 0 Å². The van der Waals surface area contributed by atoms with Crippen LogP contribution in [-0.2, 0) is 0 Å². The molecule has 2 aromatic rings. The van der Waals surface area contributed by atoms with E-state index in [1.807, 2.05) is 0 Å². The molecule has 0 aliphatic carbocycles. The molecule has 0 radical (unpaired) electrons. The highest BCUT2D eigenvalue weighted by Crippen LogP contribution is 2.28. The van der Waals surface area contributed by atoms with E-state index in [0.717, 1.165) is 0 Å². The molecule has 0 atom stereocenters. The monoisotopic (exact) mass is 270 g/mol. The second-order valence-corrected chi connectivity index (χ2v) is 4.35. The van der Waals surface area contributed by atoms with Crippen molar-refractivity contribution in [2.75, 3.05) is 11.1 Å². The molecular formula is C12H9Cl2FN2.